The molecular formula is C25H33N3O2. The maximum absolute atomic E-state index is 12.9. The number of nitrogens with one attached hydrogen (secondary N) is 2. The van der Waals surface area contributed by atoms with E-state index in [0.717, 1.165) is 37.1 Å². The van der Waals surface area contributed by atoms with Gasteiger partial charge in [0.2, 0.25) is 0 Å². The largest absolute Gasteiger partial charge is 0.393 e. The third-order valence-corrected chi connectivity index (χ3v) is 6.40. The molecule has 0 spiro atoms. The maximum atomic E-state index is 12.9. The Balaban J connectivity index is 1.56. The Morgan fingerprint density at radius 2 is 1.90 bits per heavy atom. The molecule has 30 heavy (non-hydrogen) atoms. The van der Waals surface area contributed by atoms with Crippen molar-refractivity contribution in [3.05, 3.63) is 58.7 Å². The Bertz CT molecular complexity index is 948. The number of urea groups is 1. The van der Waals surface area contributed by atoms with Crippen LogP contribution in [-0.2, 0) is 18.3 Å². The standard InChI is InChI=1S/C25H33N3O2/c1-25(2,3)20-9-6-8-18-22(13-14-28(4)23(18)20)27-24(30)26-21-10-5-7-16-11-12-17(29)15-19(16)21/h5-10,17,22,29H,11-15H2,1-4H3,(H2,26,27,30). The molecule has 5 nitrogen and oxygen atoms in total. The van der Waals surface area contributed by atoms with Crippen LogP contribution in [0.2, 0.25) is 0 Å². The van der Waals surface area contributed by atoms with Gasteiger partial charge in [0.1, 0.15) is 0 Å². The highest BCUT2D eigenvalue weighted by molar-refractivity contribution is 5.91. The van der Waals surface area contributed by atoms with Gasteiger partial charge in [-0.05, 0) is 53.0 Å². The summed E-state index contributed by atoms with van der Waals surface area (Å²) in [6.45, 7) is 7.59. The van der Waals surface area contributed by atoms with Gasteiger partial charge in [-0.25, -0.2) is 4.79 Å². The molecule has 2 aromatic carbocycles. The van der Waals surface area contributed by atoms with Crippen molar-refractivity contribution >= 4 is 17.4 Å². The Labute approximate surface area is 179 Å². The van der Waals surface area contributed by atoms with E-state index >= 15 is 0 Å². The lowest BCUT2D eigenvalue weighted by atomic mass is 9.81. The number of fused-ring (bicyclic) bond motifs is 2. The normalized spacial score (nSPS) is 20.9. The van der Waals surface area contributed by atoms with E-state index in [0.29, 0.717) is 6.42 Å². The minimum atomic E-state index is -0.333. The molecule has 2 unspecified atom stereocenters. The number of anilines is 2. The molecule has 0 saturated carbocycles. The van der Waals surface area contributed by atoms with E-state index in [1.165, 1.54) is 22.4 Å². The zero-order valence-corrected chi connectivity index (χ0v) is 18.5. The molecule has 0 radical (unpaired) electrons. The van der Waals surface area contributed by atoms with E-state index in [4.69, 9.17) is 0 Å². The van der Waals surface area contributed by atoms with Crippen molar-refractivity contribution in [1.29, 1.82) is 0 Å². The first-order chi connectivity index (χ1) is 14.2. The predicted molar refractivity (Wildman–Crippen MR) is 122 cm³/mol. The quantitative estimate of drug-likeness (QED) is 0.685. The molecule has 4 rings (SSSR count). The molecule has 160 valence electrons. The molecule has 5 heteroatoms. The summed E-state index contributed by atoms with van der Waals surface area (Å²) in [7, 11) is 2.13. The van der Waals surface area contributed by atoms with Gasteiger partial charge in [0, 0.05) is 31.4 Å². The van der Waals surface area contributed by atoms with Crippen LogP contribution in [0.1, 0.15) is 61.9 Å². The fourth-order valence-corrected chi connectivity index (χ4v) is 4.82. The lowest BCUT2D eigenvalue weighted by Crippen LogP contribution is -2.39. The van der Waals surface area contributed by atoms with Crippen LogP contribution >= 0.6 is 0 Å². The van der Waals surface area contributed by atoms with Crippen molar-refractivity contribution in [1.82, 2.24) is 5.32 Å². The summed E-state index contributed by atoms with van der Waals surface area (Å²) in [5, 5.41) is 16.3. The van der Waals surface area contributed by atoms with Crippen molar-refractivity contribution in [3.63, 3.8) is 0 Å². The molecule has 2 aromatic rings. The van der Waals surface area contributed by atoms with Crippen LogP contribution < -0.4 is 15.5 Å². The summed E-state index contributed by atoms with van der Waals surface area (Å²) in [6.07, 6.45) is 2.77. The number of amides is 2. The molecule has 3 N–H and O–H groups in total. The topological polar surface area (TPSA) is 64.6 Å². The summed E-state index contributed by atoms with van der Waals surface area (Å²) in [4.78, 5) is 15.2. The minimum Gasteiger partial charge on any atom is -0.393 e. The van der Waals surface area contributed by atoms with Crippen LogP contribution in [0.3, 0.4) is 0 Å². The van der Waals surface area contributed by atoms with Crippen molar-refractivity contribution in [2.24, 2.45) is 0 Å². The molecule has 1 aliphatic heterocycles. The van der Waals surface area contributed by atoms with Gasteiger partial charge < -0.3 is 20.6 Å². The van der Waals surface area contributed by atoms with Crippen molar-refractivity contribution in [2.75, 3.05) is 23.8 Å². The summed E-state index contributed by atoms with van der Waals surface area (Å²) in [5.41, 5.74) is 6.84. The average molecular weight is 408 g/mol. The van der Waals surface area contributed by atoms with E-state index in [9.17, 15) is 9.90 Å². The zero-order valence-electron chi connectivity index (χ0n) is 18.5. The van der Waals surface area contributed by atoms with Gasteiger partial charge >= 0.3 is 6.03 Å². The molecule has 2 amide bonds. The zero-order chi connectivity index (χ0) is 21.5. The molecule has 1 heterocycles. The predicted octanol–water partition coefficient (Wildman–Crippen LogP) is 4.54. The number of carbonyl (C=O) groups is 1. The van der Waals surface area contributed by atoms with Crippen molar-refractivity contribution in [3.8, 4) is 0 Å². The second-order valence-corrected chi connectivity index (χ2v) is 9.69. The Morgan fingerprint density at radius 1 is 1.13 bits per heavy atom. The smallest absolute Gasteiger partial charge is 0.319 e. The fraction of sp³-hybridized carbons (Fsp3) is 0.480. The lowest BCUT2D eigenvalue weighted by Gasteiger charge is -2.38. The number of rotatable bonds is 2. The SMILES string of the molecule is CN1CCC(NC(=O)Nc2cccc3c2CC(O)CC3)c2cccc(C(C)(C)C)c21. The molecule has 0 saturated heterocycles. The van der Waals surface area contributed by atoms with Crippen LogP contribution in [0.5, 0.6) is 0 Å². The van der Waals surface area contributed by atoms with Crippen molar-refractivity contribution in [2.45, 2.75) is 64.0 Å². The second kappa shape index (κ2) is 7.95. The number of para-hydroxylation sites is 1. The number of hydrogen-bond donors (Lipinski definition) is 3. The van der Waals surface area contributed by atoms with E-state index < -0.39 is 0 Å². The number of aryl methyl sites for hydroxylation is 1. The third-order valence-electron chi connectivity index (χ3n) is 6.40. The molecule has 0 fully saturated rings. The van der Waals surface area contributed by atoms with Crippen LogP contribution in [0.4, 0.5) is 16.2 Å². The van der Waals surface area contributed by atoms with E-state index in [1.807, 2.05) is 12.1 Å². The van der Waals surface area contributed by atoms with Crippen LogP contribution in [0.15, 0.2) is 36.4 Å². The number of benzene rings is 2. The van der Waals surface area contributed by atoms with E-state index in [-0.39, 0.29) is 23.6 Å². The molecule has 1 aliphatic carbocycles. The van der Waals surface area contributed by atoms with Gasteiger partial charge in [-0.15, -0.1) is 0 Å². The summed E-state index contributed by atoms with van der Waals surface area (Å²) >= 11 is 0. The first-order valence-corrected chi connectivity index (χ1v) is 10.9. The Morgan fingerprint density at radius 3 is 2.67 bits per heavy atom. The highest BCUT2D eigenvalue weighted by Crippen LogP contribution is 2.40. The Kier molecular flexibility index (Phi) is 5.49. The molecule has 0 aromatic heterocycles. The van der Waals surface area contributed by atoms with Gasteiger partial charge in [0.25, 0.3) is 0 Å². The Hall–Kier alpha value is -2.53. The number of aliphatic hydroxyl groups is 1. The highest BCUT2D eigenvalue weighted by Gasteiger charge is 2.30. The van der Waals surface area contributed by atoms with Gasteiger partial charge in [-0.3, -0.25) is 0 Å². The maximum Gasteiger partial charge on any atom is 0.319 e. The van der Waals surface area contributed by atoms with Gasteiger partial charge in [-0.1, -0.05) is 51.1 Å². The molecule has 2 atom stereocenters. The van der Waals surface area contributed by atoms with E-state index in [1.54, 1.807) is 0 Å². The average Bonchev–Trinajstić information content (AvgIpc) is 2.69. The summed E-state index contributed by atoms with van der Waals surface area (Å²) in [5.74, 6) is 0. The van der Waals surface area contributed by atoms with E-state index in [2.05, 4.69) is 67.6 Å². The van der Waals surface area contributed by atoms with Gasteiger partial charge in [0.15, 0.2) is 0 Å². The van der Waals surface area contributed by atoms with Crippen LogP contribution in [-0.4, -0.2) is 30.8 Å². The monoisotopic (exact) mass is 407 g/mol. The van der Waals surface area contributed by atoms with Crippen molar-refractivity contribution < 1.29 is 9.90 Å². The number of nitrogens with zero attached hydrogens (tertiary/aromatic N) is 1. The van der Waals surface area contributed by atoms with Crippen LogP contribution in [0.25, 0.3) is 0 Å². The van der Waals surface area contributed by atoms with Gasteiger partial charge in [-0.2, -0.15) is 0 Å². The molecule has 0 bridgehead atoms. The van der Waals surface area contributed by atoms with Crippen LogP contribution in [0, 0.1) is 0 Å². The third kappa shape index (κ3) is 4.04. The first kappa shape index (κ1) is 20.7. The highest BCUT2D eigenvalue weighted by atomic mass is 16.3. The number of hydrogen-bond acceptors (Lipinski definition) is 3. The van der Waals surface area contributed by atoms with Gasteiger partial charge in [0.05, 0.1) is 12.1 Å². The molecular weight excluding hydrogens is 374 g/mol. The first-order valence-electron chi connectivity index (χ1n) is 10.9. The lowest BCUT2D eigenvalue weighted by molar-refractivity contribution is 0.159. The fourth-order valence-electron chi connectivity index (χ4n) is 4.82. The number of aliphatic hydroxyl groups excluding tert-OH is 1. The number of carbonyl (C=O) groups excluding carboxylic acids is 1. The minimum absolute atomic E-state index is 0.0244. The summed E-state index contributed by atoms with van der Waals surface area (Å²) < 4.78 is 0. The second-order valence-electron chi connectivity index (χ2n) is 9.69. The molecule has 2 aliphatic rings. The summed E-state index contributed by atoms with van der Waals surface area (Å²) in [6, 6.07) is 12.2.